The number of pyridine rings is 1. The van der Waals surface area contributed by atoms with Crippen LogP contribution in [0.4, 0.5) is 5.82 Å². The number of carbonyl (C=O) groups excluding carboxylic acids is 1. The second kappa shape index (κ2) is 6.44. The van der Waals surface area contributed by atoms with Crippen LogP contribution in [0, 0.1) is 0 Å². The molecule has 0 bridgehead atoms. The molecule has 0 saturated carbocycles. The van der Waals surface area contributed by atoms with Crippen molar-refractivity contribution < 1.29 is 9.53 Å². The number of ether oxygens (including phenoxy) is 1. The summed E-state index contributed by atoms with van der Waals surface area (Å²) in [5, 5.41) is 5.84. The highest BCUT2D eigenvalue weighted by Gasteiger charge is 2.18. The van der Waals surface area contributed by atoms with E-state index in [1.807, 2.05) is 6.07 Å². The molecule has 2 aromatic heterocycles. The van der Waals surface area contributed by atoms with Crippen LogP contribution in [0.5, 0.6) is 5.88 Å². The Morgan fingerprint density at radius 2 is 2.36 bits per heavy atom. The number of methoxy groups -OCH3 is 1. The zero-order valence-corrected chi connectivity index (χ0v) is 12.6. The number of fused-ring (bicyclic) bond motifs is 1. The van der Waals surface area contributed by atoms with E-state index in [2.05, 4.69) is 25.6 Å². The molecule has 22 heavy (non-hydrogen) atoms. The van der Waals surface area contributed by atoms with E-state index in [4.69, 9.17) is 4.74 Å². The number of amides is 1. The van der Waals surface area contributed by atoms with Crippen LogP contribution in [0.25, 0.3) is 0 Å². The van der Waals surface area contributed by atoms with Crippen LogP contribution in [0.2, 0.25) is 0 Å². The van der Waals surface area contributed by atoms with Crippen LogP contribution in [0.3, 0.4) is 0 Å². The molecule has 3 heterocycles. The average molecular weight is 315 g/mol. The molecule has 7 nitrogen and oxygen atoms in total. The van der Waals surface area contributed by atoms with Gasteiger partial charge in [0.2, 0.25) is 5.88 Å². The van der Waals surface area contributed by atoms with Gasteiger partial charge in [-0.25, -0.2) is 15.0 Å². The van der Waals surface area contributed by atoms with Gasteiger partial charge in [-0.2, -0.15) is 0 Å². The molecule has 0 spiro atoms. The van der Waals surface area contributed by atoms with Crippen molar-refractivity contribution in [2.75, 3.05) is 12.4 Å². The van der Waals surface area contributed by atoms with Crippen molar-refractivity contribution in [3.05, 3.63) is 47.5 Å². The van der Waals surface area contributed by atoms with Crippen molar-refractivity contribution in [3.63, 3.8) is 0 Å². The molecule has 0 atom stereocenters. The molecular weight excluding hydrogens is 302 g/mol. The van der Waals surface area contributed by atoms with Crippen molar-refractivity contribution in [2.24, 2.45) is 0 Å². The number of nitrogens with zero attached hydrogens (tertiary/aromatic N) is 3. The molecule has 0 saturated heterocycles. The van der Waals surface area contributed by atoms with Gasteiger partial charge in [0.15, 0.2) is 0 Å². The third-order valence-electron chi connectivity index (χ3n) is 2.92. The number of anilines is 1. The SMILES string of the molecule is COc1cc(CNC(=O)C2=CNc3ncncc3S2)ccn1. The monoisotopic (exact) mass is 315 g/mol. The van der Waals surface area contributed by atoms with Crippen LogP contribution in [-0.4, -0.2) is 28.0 Å². The Kier molecular flexibility index (Phi) is 4.19. The Balaban J connectivity index is 1.62. The van der Waals surface area contributed by atoms with Crippen LogP contribution in [0.1, 0.15) is 5.56 Å². The Labute approximate surface area is 131 Å². The van der Waals surface area contributed by atoms with Crippen LogP contribution >= 0.6 is 11.8 Å². The van der Waals surface area contributed by atoms with E-state index < -0.39 is 0 Å². The van der Waals surface area contributed by atoms with E-state index in [9.17, 15) is 4.79 Å². The molecule has 1 aliphatic rings. The minimum atomic E-state index is -0.164. The number of aromatic nitrogens is 3. The highest BCUT2D eigenvalue weighted by atomic mass is 32.2. The maximum atomic E-state index is 12.2. The van der Waals surface area contributed by atoms with Gasteiger partial charge >= 0.3 is 0 Å². The molecule has 1 amide bonds. The molecule has 3 rings (SSSR count). The van der Waals surface area contributed by atoms with Gasteiger partial charge in [-0.05, 0) is 11.6 Å². The lowest BCUT2D eigenvalue weighted by atomic mass is 10.2. The molecule has 112 valence electrons. The number of carbonyl (C=O) groups is 1. The van der Waals surface area contributed by atoms with Gasteiger partial charge in [0.1, 0.15) is 12.1 Å². The third kappa shape index (κ3) is 3.17. The van der Waals surface area contributed by atoms with Gasteiger partial charge in [0, 0.05) is 31.2 Å². The second-order valence-corrected chi connectivity index (χ2v) is 5.46. The van der Waals surface area contributed by atoms with E-state index in [-0.39, 0.29) is 5.91 Å². The largest absolute Gasteiger partial charge is 0.481 e. The molecule has 0 radical (unpaired) electrons. The minimum Gasteiger partial charge on any atom is -0.481 e. The van der Waals surface area contributed by atoms with E-state index in [0.717, 1.165) is 10.5 Å². The fourth-order valence-corrected chi connectivity index (χ4v) is 2.68. The van der Waals surface area contributed by atoms with Crippen LogP contribution in [-0.2, 0) is 11.3 Å². The quantitative estimate of drug-likeness (QED) is 0.885. The number of rotatable bonds is 4. The Hall–Kier alpha value is -2.61. The van der Waals surface area contributed by atoms with Crippen molar-refractivity contribution in [2.45, 2.75) is 11.4 Å². The maximum absolute atomic E-state index is 12.2. The molecule has 1 aliphatic heterocycles. The lowest BCUT2D eigenvalue weighted by Crippen LogP contribution is -2.24. The van der Waals surface area contributed by atoms with Gasteiger partial charge in [-0.1, -0.05) is 11.8 Å². The predicted molar refractivity (Wildman–Crippen MR) is 82.2 cm³/mol. The highest BCUT2D eigenvalue weighted by Crippen LogP contribution is 2.34. The molecule has 2 N–H and O–H groups in total. The summed E-state index contributed by atoms with van der Waals surface area (Å²) in [4.78, 5) is 25.7. The van der Waals surface area contributed by atoms with E-state index in [0.29, 0.717) is 23.1 Å². The van der Waals surface area contributed by atoms with E-state index in [1.165, 1.54) is 18.1 Å². The first-order valence-electron chi connectivity index (χ1n) is 6.48. The lowest BCUT2D eigenvalue weighted by Gasteiger charge is -2.15. The van der Waals surface area contributed by atoms with Crippen molar-refractivity contribution in [1.82, 2.24) is 20.3 Å². The summed E-state index contributed by atoms with van der Waals surface area (Å²) in [7, 11) is 1.55. The summed E-state index contributed by atoms with van der Waals surface area (Å²) in [5.41, 5.74) is 0.915. The summed E-state index contributed by atoms with van der Waals surface area (Å²) in [6.07, 6.45) is 6.42. The maximum Gasteiger partial charge on any atom is 0.259 e. The zero-order chi connectivity index (χ0) is 15.4. The second-order valence-electron chi connectivity index (χ2n) is 4.38. The molecule has 2 aromatic rings. The van der Waals surface area contributed by atoms with E-state index >= 15 is 0 Å². The predicted octanol–water partition coefficient (Wildman–Crippen LogP) is 1.56. The summed E-state index contributed by atoms with van der Waals surface area (Å²) in [5.74, 6) is 1.06. The Bertz CT molecular complexity index is 735. The smallest absolute Gasteiger partial charge is 0.259 e. The molecule has 0 aromatic carbocycles. The molecule has 0 fully saturated rings. The average Bonchev–Trinajstić information content (AvgIpc) is 2.59. The fourth-order valence-electron chi connectivity index (χ4n) is 1.84. The highest BCUT2D eigenvalue weighted by molar-refractivity contribution is 8.04. The third-order valence-corrected chi connectivity index (χ3v) is 3.97. The summed E-state index contributed by atoms with van der Waals surface area (Å²) in [6.45, 7) is 0.397. The summed E-state index contributed by atoms with van der Waals surface area (Å²) < 4.78 is 5.05. The fraction of sp³-hybridized carbons (Fsp3) is 0.143. The first-order chi connectivity index (χ1) is 10.8. The molecule has 8 heteroatoms. The minimum absolute atomic E-state index is 0.164. The zero-order valence-electron chi connectivity index (χ0n) is 11.7. The van der Waals surface area contributed by atoms with Crippen LogP contribution in [0.15, 0.2) is 46.9 Å². The van der Waals surface area contributed by atoms with Crippen molar-refractivity contribution >= 4 is 23.5 Å². The van der Waals surface area contributed by atoms with Gasteiger partial charge in [-0.3, -0.25) is 4.79 Å². The summed E-state index contributed by atoms with van der Waals surface area (Å²) >= 11 is 1.33. The van der Waals surface area contributed by atoms with Crippen molar-refractivity contribution in [3.8, 4) is 5.88 Å². The van der Waals surface area contributed by atoms with Gasteiger partial charge in [0.25, 0.3) is 5.91 Å². The first-order valence-corrected chi connectivity index (χ1v) is 7.29. The van der Waals surface area contributed by atoms with Gasteiger partial charge in [0.05, 0.1) is 16.9 Å². The Morgan fingerprint density at radius 3 is 3.23 bits per heavy atom. The normalized spacial score (nSPS) is 12.7. The van der Waals surface area contributed by atoms with Crippen molar-refractivity contribution in [1.29, 1.82) is 0 Å². The summed E-state index contributed by atoms with van der Waals surface area (Å²) in [6, 6.07) is 3.61. The van der Waals surface area contributed by atoms with Crippen LogP contribution < -0.4 is 15.4 Å². The lowest BCUT2D eigenvalue weighted by molar-refractivity contribution is -0.116. The van der Waals surface area contributed by atoms with Gasteiger partial charge in [-0.15, -0.1) is 0 Å². The number of thioether (sulfide) groups is 1. The van der Waals surface area contributed by atoms with Gasteiger partial charge < -0.3 is 15.4 Å². The number of hydrogen-bond donors (Lipinski definition) is 2. The molecular formula is C14H13N5O2S. The number of nitrogens with one attached hydrogen (secondary N) is 2. The standard InChI is InChI=1S/C14H13N5O2S/c1-21-12-4-9(2-3-16-12)5-18-14(20)11-7-17-13-10(22-11)6-15-8-19-13/h2-4,6-8H,5H2,1H3,(H,18,20)(H,15,17,19). The Morgan fingerprint density at radius 1 is 1.45 bits per heavy atom. The van der Waals surface area contributed by atoms with E-state index in [1.54, 1.807) is 31.8 Å². The number of hydrogen-bond acceptors (Lipinski definition) is 7. The molecule has 0 aliphatic carbocycles. The molecule has 0 unspecified atom stereocenters. The first kappa shape index (κ1) is 14.3. The topological polar surface area (TPSA) is 89.0 Å².